The van der Waals surface area contributed by atoms with Gasteiger partial charge in [0.25, 0.3) is 11.8 Å². The summed E-state index contributed by atoms with van der Waals surface area (Å²) in [5.74, 6) is -1.22. The molecule has 0 atom stereocenters. The van der Waals surface area contributed by atoms with E-state index < -0.39 is 21.8 Å². The maximum Gasteiger partial charge on any atom is 0.273 e. The first-order chi connectivity index (χ1) is 14.3. The van der Waals surface area contributed by atoms with E-state index in [1.807, 2.05) is 6.07 Å². The summed E-state index contributed by atoms with van der Waals surface area (Å²) >= 11 is 0. The summed E-state index contributed by atoms with van der Waals surface area (Å²) in [6, 6.07) is 12.5. The molecule has 1 fully saturated rings. The normalized spacial score (nSPS) is 13.7. The number of anilines is 1. The SMILES string of the molecule is Nc1c(C(=O)NNC(=O)c2ccc(S(=O)(=O)NC3CC3)cc2)cnc2ccccc12. The summed E-state index contributed by atoms with van der Waals surface area (Å²) < 4.78 is 26.9. The fraction of sp³-hybridized carbons (Fsp3) is 0.150. The van der Waals surface area contributed by atoms with Crippen LogP contribution in [0.25, 0.3) is 10.9 Å². The fourth-order valence-corrected chi connectivity index (χ4v) is 4.18. The number of rotatable bonds is 5. The van der Waals surface area contributed by atoms with Gasteiger partial charge in [-0.15, -0.1) is 0 Å². The van der Waals surface area contributed by atoms with Crippen LogP contribution in [0, 0.1) is 0 Å². The molecule has 4 rings (SSSR count). The van der Waals surface area contributed by atoms with Gasteiger partial charge in [-0.1, -0.05) is 18.2 Å². The number of nitrogens with one attached hydrogen (secondary N) is 3. The number of para-hydroxylation sites is 1. The maximum absolute atomic E-state index is 12.4. The molecule has 30 heavy (non-hydrogen) atoms. The lowest BCUT2D eigenvalue weighted by Gasteiger charge is -2.11. The highest BCUT2D eigenvalue weighted by Gasteiger charge is 2.28. The summed E-state index contributed by atoms with van der Waals surface area (Å²) in [7, 11) is -3.60. The first-order valence-corrected chi connectivity index (χ1v) is 10.7. The van der Waals surface area contributed by atoms with E-state index in [0.29, 0.717) is 10.9 Å². The number of sulfonamides is 1. The zero-order valence-electron chi connectivity index (χ0n) is 15.8. The summed E-state index contributed by atoms with van der Waals surface area (Å²) in [5, 5.41) is 0.632. The van der Waals surface area contributed by atoms with E-state index in [1.54, 1.807) is 18.2 Å². The zero-order valence-corrected chi connectivity index (χ0v) is 16.6. The smallest absolute Gasteiger partial charge is 0.273 e. The Hall–Kier alpha value is -3.50. The molecular formula is C20H19N5O4S. The van der Waals surface area contributed by atoms with E-state index >= 15 is 0 Å². The van der Waals surface area contributed by atoms with Crippen LogP contribution in [0.3, 0.4) is 0 Å². The lowest BCUT2D eigenvalue weighted by atomic mass is 10.1. The topological polar surface area (TPSA) is 143 Å². The predicted molar refractivity (Wildman–Crippen MR) is 111 cm³/mol. The average Bonchev–Trinajstić information content (AvgIpc) is 3.55. The lowest BCUT2D eigenvalue weighted by Crippen LogP contribution is -2.42. The Bertz CT molecular complexity index is 1240. The van der Waals surface area contributed by atoms with Crippen LogP contribution >= 0.6 is 0 Å². The van der Waals surface area contributed by atoms with Crippen LogP contribution in [0.1, 0.15) is 33.6 Å². The van der Waals surface area contributed by atoms with Crippen LogP contribution in [0.4, 0.5) is 5.69 Å². The van der Waals surface area contributed by atoms with Gasteiger partial charge in [0, 0.05) is 23.2 Å². The minimum atomic E-state index is -3.60. The van der Waals surface area contributed by atoms with Crippen molar-refractivity contribution in [1.82, 2.24) is 20.6 Å². The van der Waals surface area contributed by atoms with Gasteiger partial charge >= 0.3 is 0 Å². The van der Waals surface area contributed by atoms with Crippen LogP contribution in [0.15, 0.2) is 59.6 Å². The van der Waals surface area contributed by atoms with Gasteiger partial charge in [0.05, 0.1) is 21.7 Å². The van der Waals surface area contributed by atoms with Gasteiger partial charge in [0.15, 0.2) is 0 Å². The van der Waals surface area contributed by atoms with Gasteiger partial charge < -0.3 is 5.73 Å². The van der Waals surface area contributed by atoms with Gasteiger partial charge in [-0.2, -0.15) is 0 Å². The molecule has 154 valence electrons. The van der Waals surface area contributed by atoms with Gasteiger partial charge in [-0.05, 0) is 43.2 Å². The number of nitrogens with zero attached hydrogens (tertiary/aromatic N) is 1. The van der Waals surface area contributed by atoms with E-state index in [9.17, 15) is 18.0 Å². The van der Waals surface area contributed by atoms with Crippen LogP contribution in [-0.2, 0) is 10.0 Å². The molecule has 0 aliphatic heterocycles. The number of nitrogen functional groups attached to an aromatic ring is 1. The fourth-order valence-electron chi connectivity index (χ4n) is 2.87. The average molecular weight is 425 g/mol. The van der Waals surface area contributed by atoms with E-state index in [1.165, 1.54) is 30.5 Å². The third-order valence-electron chi connectivity index (χ3n) is 4.68. The zero-order chi connectivity index (χ0) is 21.3. The summed E-state index contributed by atoms with van der Waals surface area (Å²) in [6.45, 7) is 0. The molecule has 0 unspecified atom stereocenters. The van der Waals surface area contributed by atoms with Crippen LogP contribution in [0.5, 0.6) is 0 Å². The van der Waals surface area contributed by atoms with Crippen molar-refractivity contribution in [3.8, 4) is 0 Å². The highest BCUT2D eigenvalue weighted by atomic mass is 32.2. The molecule has 0 bridgehead atoms. The molecule has 1 saturated carbocycles. The molecular weight excluding hydrogens is 406 g/mol. The van der Waals surface area contributed by atoms with Gasteiger partial charge in [0.2, 0.25) is 10.0 Å². The van der Waals surface area contributed by atoms with Crippen molar-refractivity contribution in [3.05, 3.63) is 65.9 Å². The summed E-state index contributed by atoms with van der Waals surface area (Å²) in [4.78, 5) is 29.0. The number of hydrogen-bond donors (Lipinski definition) is 4. The molecule has 1 aliphatic carbocycles. The molecule has 0 radical (unpaired) electrons. The molecule has 10 heteroatoms. The van der Waals surface area contributed by atoms with Crippen molar-refractivity contribution in [2.75, 3.05) is 5.73 Å². The molecule has 3 aromatic rings. The number of pyridine rings is 1. The molecule has 0 saturated heterocycles. The Labute approximate surface area is 172 Å². The Morgan fingerprint density at radius 3 is 2.33 bits per heavy atom. The number of nitrogens with two attached hydrogens (primary N) is 1. The van der Waals surface area contributed by atoms with Gasteiger partial charge in [-0.25, -0.2) is 13.1 Å². The Balaban J connectivity index is 1.42. The van der Waals surface area contributed by atoms with Crippen LogP contribution < -0.4 is 21.3 Å². The highest BCUT2D eigenvalue weighted by Crippen LogP contribution is 2.23. The number of carbonyl (C=O) groups is 2. The maximum atomic E-state index is 12.4. The van der Waals surface area contributed by atoms with Crippen molar-refractivity contribution in [2.24, 2.45) is 0 Å². The van der Waals surface area contributed by atoms with E-state index in [-0.39, 0.29) is 27.8 Å². The monoisotopic (exact) mass is 425 g/mol. The van der Waals surface area contributed by atoms with Crippen LogP contribution in [0.2, 0.25) is 0 Å². The number of hydrogen-bond acceptors (Lipinski definition) is 6. The molecule has 1 aromatic heterocycles. The second-order valence-electron chi connectivity index (χ2n) is 6.93. The number of aromatic nitrogens is 1. The van der Waals surface area contributed by atoms with Gasteiger partial charge in [0.1, 0.15) is 0 Å². The largest absolute Gasteiger partial charge is 0.397 e. The Kier molecular flexibility index (Phi) is 5.10. The van der Waals surface area contributed by atoms with Crippen molar-refractivity contribution < 1.29 is 18.0 Å². The summed E-state index contributed by atoms with van der Waals surface area (Å²) in [5.41, 5.74) is 11.9. The highest BCUT2D eigenvalue weighted by molar-refractivity contribution is 7.89. The lowest BCUT2D eigenvalue weighted by molar-refractivity contribution is 0.0847. The minimum Gasteiger partial charge on any atom is -0.397 e. The van der Waals surface area contributed by atoms with Crippen LogP contribution in [-0.4, -0.2) is 31.3 Å². The second kappa shape index (κ2) is 7.73. The quantitative estimate of drug-likeness (QED) is 0.454. The van der Waals surface area contributed by atoms with Crippen molar-refractivity contribution in [2.45, 2.75) is 23.8 Å². The predicted octanol–water partition coefficient (Wildman–Crippen LogP) is 1.33. The molecule has 1 aliphatic rings. The third kappa shape index (κ3) is 4.09. The van der Waals surface area contributed by atoms with Crippen molar-refractivity contribution >= 4 is 38.4 Å². The number of amides is 2. The number of benzene rings is 2. The minimum absolute atomic E-state index is 0.00906. The van der Waals surface area contributed by atoms with E-state index in [4.69, 9.17) is 5.73 Å². The molecule has 1 heterocycles. The molecule has 9 nitrogen and oxygen atoms in total. The van der Waals surface area contributed by atoms with Crippen molar-refractivity contribution in [1.29, 1.82) is 0 Å². The second-order valence-corrected chi connectivity index (χ2v) is 8.64. The number of hydrazine groups is 1. The third-order valence-corrected chi connectivity index (χ3v) is 6.21. The van der Waals surface area contributed by atoms with Crippen molar-refractivity contribution in [3.63, 3.8) is 0 Å². The first-order valence-electron chi connectivity index (χ1n) is 9.21. The molecule has 5 N–H and O–H groups in total. The molecule has 2 amide bonds. The number of carbonyl (C=O) groups excluding carboxylic acids is 2. The molecule has 0 spiro atoms. The molecule has 2 aromatic carbocycles. The first kappa shape index (κ1) is 19.8. The Morgan fingerprint density at radius 1 is 0.967 bits per heavy atom. The van der Waals surface area contributed by atoms with Gasteiger partial charge in [-0.3, -0.25) is 25.4 Å². The number of fused-ring (bicyclic) bond motifs is 1. The van der Waals surface area contributed by atoms with E-state index in [0.717, 1.165) is 12.8 Å². The standard InChI is InChI=1S/C20H19N5O4S/c21-18-15-3-1-2-4-17(15)22-11-16(18)20(27)24-23-19(26)12-5-9-14(10-6-12)30(28,29)25-13-7-8-13/h1-6,9-11,13,25H,7-8H2,(H2,21,22)(H,23,26)(H,24,27). The van der Waals surface area contributed by atoms with E-state index in [2.05, 4.69) is 20.6 Å². The summed E-state index contributed by atoms with van der Waals surface area (Å²) in [6.07, 6.45) is 3.00. The Morgan fingerprint density at radius 2 is 1.63 bits per heavy atom.